The van der Waals surface area contributed by atoms with Crippen molar-refractivity contribution in [2.24, 2.45) is 0 Å². The van der Waals surface area contributed by atoms with Crippen LogP contribution in [0.4, 0.5) is 14.6 Å². The van der Waals surface area contributed by atoms with E-state index in [-0.39, 0.29) is 19.7 Å². The topological polar surface area (TPSA) is 62.4 Å². The molecule has 2 rings (SSSR count). The highest BCUT2D eigenvalue weighted by Crippen LogP contribution is 2.20. The van der Waals surface area contributed by atoms with Gasteiger partial charge >= 0.3 is 0 Å². The number of hydrogen-bond acceptors (Lipinski definition) is 4. The molecule has 0 amide bonds. The normalized spacial score (nSPS) is 11.7. The van der Waals surface area contributed by atoms with Gasteiger partial charge in [0.1, 0.15) is 5.82 Å². The fourth-order valence-corrected chi connectivity index (χ4v) is 2.11. The number of aliphatic hydroxyl groups is 1. The van der Waals surface area contributed by atoms with Crippen molar-refractivity contribution in [2.45, 2.75) is 13.0 Å². The average molecular weight is 281 g/mol. The Morgan fingerprint density at radius 3 is 2.75 bits per heavy atom. The summed E-state index contributed by atoms with van der Waals surface area (Å²) in [5.41, 5.74) is 7.34. The van der Waals surface area contributed by atoms with Crippen molar-refractivity contribution in [3.63, 3.8) is 0 Å². The molecule has 3 N–H and O–H groups in total. The van der Waals surface area contributed by atoms with E-state index in [4.69, 9.17) is 10.8 Å². The third-order valence-corrected chi connectivity index (χ3v) is 3.04. The van der Waals surface area contributed by atoms with Crippen LogP contribution >= 0.6 is 0 Å². The molecular formula is C14H17F2N3O. The van der Waals surface area contributed by atoms with Crippen LogP contribution in [0.15, 0.2) is 30.3 Å². The second kappa shape index (κ2) is 6.58. The first-order valence-corrected chi connectivity index (χ1v) is 6.35. The Kier molecular flexibility index (Phi) is 4.81. The highest BCUT2D eigenvalue weighted by molar-refractivity contribution is 5.81. The second-order valence-electron chi connectivity index (χ2n) is 4.58. The van der Waals surface area contributed by atoms with Gasteiger partial charge in [0.25, 0.3) is 6.43 Å². The molecule has 0 spiro atoms. The summed E-state index contributed by atoms with van der Waals surface area (Å²) in [7, 11) is 0. The number of nitrogens with two attached hydrogens (primary N) is 1. The Balaban J connectivity index is 2.24. The summed E-state index contributed by atoms with van der Waals surface area (Å²) >= 11 is 0. The number of aromatic nitrogens is 1. The molecule has 1 aromatic carbocycles. The lowest BCUT2D eigenvalue weighted by molar-refractivity contribution is 0.0747. The lowest BCUT2D eigenvalue weighted by atomic mass is 10.1. The highest BCUT2D eigenvalue weighted by Gasteiger charge is 2.14. The summed E-state index contributed by atoms with van der Waals surface area (Å²) < 4.78 is 25.0. The van der Waals surface area contributed by atoms with Crippen molar-refractivity contribution in [2.75, 3.05) is 25.4 Å². The molecule has 0 radical (unpaired) electrons. The predicted molar refractivity (Wildman–Crippen MR) is 74.5 cm³/mol. The van der Waals surface area contributed by atoms with Crippen LogP contribution in [0.25, 0.3) is 10.9 Å². The van der Waals surface area contributed by atoms with Gasteiger partial charge in [0, 0.05) is 24.0 Å². The molecule has 6 heteroatoms. The Morgan fingerprint density at radius 2 is 2.05 bits per heavy atom. The van der Waals surface area contributed by atoms with Gasteiger partial charge in [-0.15, -0.1) is 0 Å². The number of hydrogen-bond donors (Lipinski definition) is 2. The van der Waals surface area contributed by atoms with Gasteiger partial charge in [-0.05, 0) is 12.1 Å². The molecule has 0 saturated heterocycles. The van der Waals surface area contributed by atoms with E-state index in [1.165, 1.54) is 4.90 Å². The van der Waals surface area contributed by atoms with E-state index >= 15 is 0 Å². The third kappa shape index (κ3) is 3.61. The number of para-hydroxylation sites is 1. The van der Waals surface area contributed by atoms with Gasteiger partial charge in [-0.25, -0.2) is 13.8 Å². The molecule has 1 heterocycles. The zero-order valence-corrected chi connectivity index (χ0v) is 11.0. The monoisotopic (exact) mass is 281 g/mol. The van der Waals surface area contributed by atoms with Crippen molar-refractivity contribution in [3.8, 4) is 0 Å². The summed E-state index contributed by atoms with van der Waals surface area (Å²) in [6.07, 6.45) is -2.45. The van der Waals surface area contributed by atoms with Crippen LogP contribution < -0.4 is 5.73 Å². The van der Waals surface area contributed by atoms with Crippen molar-refractivity contribution >= 4 is 16.7 Å². The fraction of sp³-hybridized carbons (Fsp3) is 0.357. The van der Waals surface area contributed by atoms with Crippen molar-refractivity contribution in [1.29, 1.82) is 0 Å². The minimum atomic E-state index is -2.45. The van der Waals surface area contributed by atoms with Crippen molar-refractivity contribution in [3.05, 3.63) is 35.9 Å². The number of nitrogen functional groups attached to an aromatic ring is 1. The molecule has 0 aliphatic rings. The molecule has 0 unspecified atom stereocenters. The van der Waals surface area contributed by atoms with E-state index in [1.807, 2.05) is 30.3 Å². The standard InChI is InChI=1S/C14H17F2N3O/c15-13(16)9-19(5-6-20)8-11-7-10-3-1-2-4-12(10)18-14(11)17/h1-4,7,13,20H,5-6,8-9H2,(H2,17,18). The maximum Gasteiger partial charge on any atom is 0.251 e. The zero-order valence-electron chi connectivity index (χ0n) is 11.0. The lowest BCUT2D eigenvalue weighted by Crippen LogP contribution is -2.31. The molecule has 0 aliphatic carbocycles. The summed E-state index contributed by atoms with van der Waals surface area (Å²) in [5, 5.41) is 9.85. The first-order valence-electron chi connectivity index (χ1n) is 6.35. The quantitative estimate of drug-likeness (QED) is 0.848. The summed E-state index contributed by atoms with van der Waals surface area (Å²) in [4.78, 5) is 5.73. The van der Waals surface area contributed by atoms with Gasteiger partial charge in [-0.2, -0.15) is 0 Å². The number of aliphatic hydroxyl groups excluding tert-OH is 1. The SMILES string of the molecule is Nc1nc2ccccc2cc1CN(CCO)CC(F)F. The van der Waals surface area contributed by atoms with E-state index in [9.17, 15) is 8.78 Å². The second-order valence-corrected chi connectivity index (χ2v) is 4.58. The molecule has 20 heavy (non-hydrogen) atoms. The van der Waals surface area contributed by atoms with E-state index in [2.05, 4.69) is 4.98 Å². The smallest absolute Gasteiger partial charge is 0.251 e. The molecule has 0 aliphatic heterocycles. The van der Waals surface area contributed by atoms with E-state index < -0.39 is 13.0 Å². The number of nitrogens with zero attached hydrogens (tertiary/aromatic N) is 2. The van der Waals surface area contributed by atoms with Gasteiger partial charge in [0.05, 0.1) is 18.7 Å². The van der Waals surface area contributed by atoms with Crippen LogP contribution in [-0.2, 0) is 6.54 Å². The Hall–Kier alpha value is -1.79. The van der Waals surface area contributed by atoms with Gasteiger partial charge in [0.15, 0.2) is 0 Å². The van der Waals surface area contributed by atoms with E-state index in [0.29, 0.717) is 11.4 Å². The highest BCUT2D eigenvalue weighted by atomic mass is 19.3. The zero-order chi connectivity index (χ0) is 14.5. The Labute approximate surface area is 115 Å². The van der Waals surface area contributed by atoms with E-state index in [0.717, 1.165) is 10.9 Å². The van der Waals surface area contributed by atoms with Crippen molar-refractivity contribution in [1.82, 2.24) is 9.88 Å². The molecular weight excluding hydrogens is 264 g/mol. The molecule has 0 saturated carbocycles. The van der Waals surface area contributed by atoms with Gasteiger partial charge in [0.2, 0.25) is 0 Å². The first-order chi connectivity index (χ1) is 9.60. The van der Waals surface area contributed by atoms with Crippen LogP contribution in [0.2, 0.25) is 0 Å². The van der Waals surface area contributed by atoms with Crippen LogP contribution in [-0.4, -0.2) is 41.1 Å². The Bertz CT molecular complexity index is 577. The maximum atomic E-state index is 12.5. The predicted octanol–water partition coefficient (Wildman–Crippen LogP) is 1.88. The minimum absolute atomic E-state index is 0.173. The maximum absolute atomic E-state index is 12.5. The molecule has 2 aromatic rings. The van der Waals surface area contributed by atoms with Crippen LogP contribution in [0.5, 0.6) is 0 Å². The fourth-order valence-electron chi connectivity index (χ4n) is 2.11. The third-order valence-electron chi connectivity index (χ3n) is 3.04. The van der Waals surface area contributed by atoms with Gasteiger partial charge in [-0.1, -0.05) is 18.2 Å². The van der Waals surface area contributed by atoms with Crippen LogP contribution in [0, 0.1) is 0 Å². The van der Waals surface area contributed by atoms with Crippen molar-refractivity contribution < 1.29 is 13.9 Å². The summed E-state index contributed by atoms with van der Waals surface area (Å²) in [6.45, 7) is -0.147. The summed E-state index contributed by atoms with van der Waals surface area (Å²) in [6, 6.07) is 9.35. The number of benzene rings is 1. The molecule has 108 valence electrons. The van der Waals surface area contributed by atoms with Gasteiger partial charge in [-0.3, -0.25) is 4.90 Å². The minimum Gasteiger partial charge on any atom is -0.395 e. The number of rotatable bonds is 6. The van der Waals surface area contributed by atoms with Crippen LogP contribution in [0.1, 0.15) is 5.56 Å². The van der Waals surface area contributed by atoms with Gasteiger partial charge < -0.3 is 10.8 Å². The average Bonchev–Trinajstić information content (AvgIpc) is 2.39. The molecule has 0 atom stereocenters. The Morgan fingerprint density at radius 1 is 1.30 bits per heavy atom. The molecule has 4 nitrogen and oxygen atoms in total. The number of anilines is 1. The molecule has 0 fully saturated rings. The lowest BCUT2D eigenvalue weighted by Gasteiger charge is -2.21. The molecule has 0 bridgehead atoms. The number of halogens is 2. The number of alkyl halides is 2. The number of pyridine rings is 1. The summed E-state index contributed by atoms with van der Waals surface area (Å²) in [5.74, 6) is 0.334. The number of fused-ring (bicyclic) bond motifs is 1. The largest absolute Gasteiger partial charge is 0.395 e. The first kappa shape index (κ1) is 14.6. The van der Waals surface area contributed by atoms with Crippen LogP contribution in [0.3, 0.4) is 0 Å². The molecule has 1 aromatic heterocycles. The van der Waals surface area contributed by atoms with E-state index in [1.54, 1.807) is 0 Å².